The van der Waals surface area contributed by atoms with Crippen molar-refractivity contribution in [3.8, 4) is 0 Å². The molecular formula is C18H22FN3O4. The van der Waals surface area contributed by atoms with Gasteiger partial charge in [0.05, 0.1) is 43.2 Å². The number of halogens is 1. The smallest absolute Gasteiger partial charge is 0.414 e. The van der Waals surface area contributed by atoms with Gasteiger partial charge < -0.3 is 19.7 Å². The fourth-order valence-electron chi connectivity index (χ4n) is 3.84. The van der Waals surface area contributed by atoms with Crippen molar-refractivity contribution in [2.24, 2.45) is 0 Å². The van der Waals surface area contributed by atoms with E-state index < -0.39 is 12.2 Å². The maximum Gasteiger partial charge on any atom is 0.414 e. The number of fused-ring (bicyclic) bond motifs is 3. The number of piperidine rings is 1. The van der Waals surface area contributed by atoms with Gasteiger partial charge in [-0.15, -0.1) is 0 Å². The number of amides is 2. The highest BCUT2D eigenvalue weighted by molar-refractivity contribution is 5.90. The average Bonchev–Trinajstić information content (AvgIpc) is 3.01. The normalized spacial score (nSPS) is 27.6. The first-order valence-electron chi connectivity index (χ1n) is 8.91. The molecule has 4 heterocycles. The second-order valence-corrected chi connectivity index (χ2v) is 7.03. The summed E-state index contributed by atoms with van der Waals surface area (Å²) in [4.78, 5) is 26.5. The van der Waals surface area contributed by atoms with Crippen LogP contribution in [0.2, 0.25) is 0 Å². The Labute approximate surface area is 151 Å². The lowest BCUT2D eigenvalue weighted by atomic mass is 9.96. The Morgan fingerprint density at radius 3 is 2.81 bits per heavy atom. The fraction of sp³-hybridized carbons (Fsp3) is 0.556. The highest BCUT2D eigenvalue weighted by Crippen LogP contribution is 2.34. The van der Waals surface area contributed by atoms with Crippen LogP contribution in [0.15, 0.2) is 18.2 Å². The number of cyclic esters (lactones) is 1. The summed E-state index contributed by atoms with van der Waals surface area (Å²) in [6.07, 6.45) is 1.23. The molecule has 0 spiro atoms. The summed E-state index contributed by atoms with van der Waals surface area (Å²) in [5.41, 5.74) is 1.01. The summed E-state index contributed by atoms with van der Waals surface area (Å²) in [7, 11) is 0. The molecule has 0 radical (unpaired) electrons. The molecule has 0 aliphatic carbocycles. The number of nitrogens with one attached hydrogen (secondary N) is 1. The van der Waals surface area contributed by atoms with Crippen LogP contribution in [0.25, 0.3) is 0 Å². The molecule has 4 saturated heterocycles. The Hall–Kier alpha value is -2.35. The lowest BCUT2D eigenvalue weighted by Gasteiger charge is -2.46. The molecule has 1 aromatic rings. The number of hydrogen-bond acceptors (Lipinski definition) is 5. The molecule has 7 nitrogen and oxygen atoms in total. The zero-order chi connectivity index (χ0) is 18.3. The predicted molar refractivity (Wildman–Crippen MR) is 92.8 cm³/mol. The summed E-state index contributed by atoms with van der Waals surface area (Å²) in [6, 6.07) is 5.04. The van der Waals surface area contributed by atoms with E-state index in [-0.39, 0.29) is 37.0 Å². The van der Waals surface area contributed by atoms with Gasteiger partial charge in [-0.3, -0.25) is 9.69 Å². The minimum absolute atomic E-state index is 0.169. The number of hydrogen-bond donors (Lipinski definition) is 1. The summed E-state index contributed by atoms with van der Waals surface area (Å²) in [6.45, 7) is 3.26. The van der Waals surface area contributed by atoms with Crippen molar-refractivity contribution in [3.63, 3.8) is 0 Å². The molecule has 0 aromatic heterocycles. The van der Waals surface area contributed by atoms with Crippen LogP contribution in [0.5, 0.6) is 0 Å². The molecule has 1 N–H and O–H groups in total. The summed E-state index contributed by atoms with van der Waals surface area (Å²) < 4.78 is 25.7. The molecule has 4 fully saturated rings. The number of anilines is 2. The molecule has 8 heteroatoms. The van der Waals surface area contributed by atoms with Crippen LogP contribution in [0.3, 0.4) is 0 Å². The summed E-state index contributed by atoms with van der Waals surface area (Å²) in [5, 5.41) is 2.62. The van der Waals surface area contributed by atoms with E-state index in [1.807, 2.05) is 0 Å². The summed E-state index contributed by atoms with van der Waals surface area (Å²) >= 11 is 0. The first-order chi connectivity index (χ1) is 12.5. The van der Waals surface area contributed by atoms with E-state index in [9.17, 15) is 14.0 Å². The number of carbonyl (C=O) groups excluding carboxylic acids is 2. The SMILES string of the molecule is CC(=O)NC[C@H]1CN(c2ccc(N3CC4CCC3CO4)c(F)c2)C(=O)O1. The molecule has 1 aromatic carbocycles. The van der Waals surface area contributed by atoms with E-state index in [1.54, 1.807) is 12.1 Å². The lowest BCUT2D eigenvalue weighted by Crippen LogP contribution is -2.54. The van der Waals surface area contributed by atoms with Crippen LogP contribution >= 0.6 is 0 Å². The average molecular weight is 363 g/mol. The Morgan fingerprint density at radius 1 is 1.35 bits per heavy atom. The first-order valence-corrected chi connectivity index (χ1v) is 8.91. The van der Waals surface area contributed by atoms with Gasteiger partial charge in [-0.25, -0.2) is 9.18 Å². The zero-order valence-electron chi connectivity index (χ0n) is 14.6. The van der Waals surface area contributed by atoms with Crippen molar-refractivity contribution >= 4 is 23.4 Å². The second-order valence-electron chi connectivity index (χ2n) is 7.03. The minimum Gasteiger partial charge on any atom is -0.442 e. The third-order valence-corrected chi connectivity index (χ3v) is 5.19. The Kier molecular flexibility index (Phi) is 4.44. The standard InChI is InChI=1S/C18H22FN3O4/c1-11(23)20-7-15-9-22(18(24)26-15)12-3-5-17(16(19)6-12)21-8-14-4-2-13(21)10-25-14/h3,5-6,13-15H,2,4,7-10H2,1H3,(H,20,23)/t13?,14?,15-/m0/s1. The molecule has 26 heavy (non-hydrogen) atoms. The number of rotatable bonds is 4. The molecule has 4 aliphatic rings. The Morgan fingerprint density at radius 2 is 2.19 bits per heavy atom. The Balaban J connectivity index is 1.48. The monoisotopic (exact) mass is 363 g/mol. The largest absolute Gasteiger partial charge is 0.442 e. The van der Waals surface area contributed by atoms with Crippen molar-refractivity contribution in [3.05, 3.63) is 24.0 Å². The molecule has 3 atom stereocenters. The molecule has 2 amide bonds. The van der Waals surface area contributed by atoms with Crippen LogP contribution < -0.4 is 15.1 Å². The number of morpholine rings is 1. The molecular weight excluding hydrogens is 341 g/mol. The van der Waals surface area contributed by atoms with Crippen molar-refractivity contribution in [2.75, 3.05) is 36.0 Å². The van der Waals surface area contributed by atoms with Gasteiger partial charge in [-0.1, -0.05) is 0 Å². The predicted octanol–water partition coefficient (Wildman–Crippen LogP) is 1.65. The van der Waals surface area contributed by atoms with E-state index in [4.69, 9.17) is 9.47 Å². The minimum atomic E-state index is -0.530. The first kappa shape index (κ1) is 17.1. The molecule has 0 saturated carbocycles. The van der Waals surface area contributed by atoms with Crippen LogP contribution in [0, 0.1) is 5.82 Å². The van der Waals surface area contributed by atoms with Gasteiger partial charge in [-0.2, -0.15) is 0 Å². The van der Waals surface area contributed by atoms with Gasteiger partial charge in [0.25, 0.3) is 0 Å². The third kappa shape index (κ3) is 3.21. The molecule has 5 rings (SSSR count). The molecule has 4 aliphatic heterocycles. The van der Waals surface area contributed by atoms with Crippen molar-refractivity contribution in [1.82, 2.24) is 5.32 Å². The van der Waals surface area contributed by atoms with Crippen LogP contribution in [0.4, 0.5) is 20.6 Å². The van der Waals surface area contributed by atoms with Gasteiger partial charge in [-0.05, 0) is 31.0 Å². The molecule has 2 unspecified atom stereocenters. The molecule has 2 bridgehead atoms. The van der Waals surface area contributed by atoms with Crippen LogP contribution in [-0.2, 0) is 14.3 Å². The van der Waals surface area contributed by atoms with E-state index in [1.165, 1.54) is 17.9 Å². The number of carbonyl (C=O) groups is 2. The number of ether oxygens (including phenoxy) is 2. The quantitative estimate of drug-likeness (QED) is 0.881. The number of benzene rings is 1. The Bertz CT molecular complexity index is 720. The highest BCUT2D eigenvalue weighted by Gasteiger charge is 2.37. The van der Waals surface area contributed by atoms with Crippen LogP contribution in [-0.4, -0.2) is 56.5 Å². The van der Waals surface area contributed by atoms with E-state index in [0.29, 0.717) is 24.5 Å². The maximum absolute atomic E-state index is 14.8. The van der Waals surface area contributed by atoms with Gasteiger partial charge in [0.15, 0.2) is 0 Å². The molecule has 140 valence electrons. The highest BCUT2D eigenvalue weighted by atomic mass is 19.1. The summed E-state index contributed by atoms with van der Waals surface area (Å²) in [5.74, 6) is -0.539. The van der Waals surface area contributed by atoms with Gasteiger partial charge in [0.1, 0.15) is 11.9 Å². The fourth-order valence-corrected chi connectivity index (χ4v) is 3.84. The maximum atomic E-state index is 14.8. The van der Waals surface area contributed by atoms with Crippen molar-refractivity contribution < 1.29 is 23.5 Å². The van der Waals surface area contributed by atoms with Gasteiger partial charge in [0, 0.05) is 13.5 Å². The number of nitrogens with zero attached hydrogens (tertiary/aromatic N) is 2. The topological polar surface area (TPSA) is 71.1 Å². The van der Waals surface area contributed by atoms with E-state index in [2.05, 4.69) is 10.2 Å². The van der Waals surface area contributed by atoms with Gasteiger partial charge >= 0.3 is 6.09 Å². The third-order valence-electron chi connectivity index (χ3n) is 5.19. The van der Waals surface area contributed by atoms with Gasteiger partial charge in [0.2, 0.25) is 5.91 Å². The van der Waals surface area contributed by atoms with E-state index in [0.717, 1.165) is 12.8 Å². The van der Waals surface area contributed by atoms with E-state index >= 15 is 0 Å². The van der Waals surface area contributed by atoms with Crippen molar-refractivity contribution in [2.45, 2.75) is 38.0 Å². The lowest BCUT2D eigenvalue weighted by molar-refractivity contribution is -0.119. The van der Waals surface area contributed by atoms with Crippen LogP contribution in [0.1, 0.15) is 19.8 Å². The zero-order valence-corrected chi connectivity index (χ0v) is 14.6. The van der Waals surface area contributed by atoms with Crippen molar-refractivity contribution in [1.29, 1.82) is 0 Å². The second kappa shape index (κ2) is 6.75.